The highest BCUT2D eigenvalue weighted by Crippen LogP contribution is 2.37. The number of carbonyl (C=O) groups is 1. The third-order valence-corrected chi connectivity index (χ3v) is 9.97. The zero-order valence-corrected chi connectivity index (χ0v) is 20.5. The highest BCUT2D eigenvalue weighted by molar-refractivity contribution is 7.89. The van der Waals surface area contributed by atoms with Crippen LogP contribution in [0.5, 0.6) is 0 Å². The predicted molar refractivity (Wildman–Crippen MR) is 125 cm³/mol. The van der Waals surface area contributed by atoms with Crippen molar-refractivity contribution in [3.8, 4) is 0 Å². The number of carbonyl (C=O) groups excluding carboxylic acids is 1. The number of thiophene rings is 1. The molecule has 0 saturated carbocycles. The van der Waals surface area contributed by atoms with Crippen molar-refractivity contribution < 1.29 is 13.2 Å². The number of benzene rings is 1. The van der Waals surface area contributed by atoms with Crippen molar-refractivity contribution in [3.63, 3.8) is 0 Å². The number of rotatable bonds is 4. The molecule has 4 rings (SSSR count). The molecule has 1 fully saturated rings. The van der Waals surface area contributed by atoms with E-state index in [0.29, 0.717) is 30.8 Å². The maximum absolute atomic E-state index is 13.4. The van der Waals surface area contributed by atoms with Gasteiger partial charge >= 0.3 is 0 Å². The van der Waals surface area contributed by atoms with Gasteiger partial charge in [0.1, 0.15) is 0 Å². The molecule has 0 aliphatic carbocycles. The summed E-state index contributed by atoms with van der Waals surface area (Å²) in [6, 6.07) is 6.17. The maximum atomic E-state index is 13.4. The number of amides is 1. The Balaban J connectivity index is 1.47. The van der Waals surface area contributed by atoms with E-state index < -0.39 is 10.0 Å². The molecule has 5 nitrogen and oxygen atoms in total. The summed E-state index contributed by atoms with van der Waals surface area (Å²) in [6.07, 6.45) is 3.01. The van der Waals surface area contributed by atoms with Crippen molar-refractivity contribution in [1.29, 1.82) is 0 Å². The lowest BCUT2D eigenvalue weighted by atomic mass is 9.92. The molecule has 2 aliphatic heterocycles. The van der Waals surface area contributed by atoms with Gasteiger partial charge in [-0.1, -0.05) is 24.6 Å². The van der Waals surface area contributed by atoms with E-state index in [2.05, 4.69) is 23.3 Å². The Morgan fingerprint density at radius 1 is 1.10 bits per heavy atom. The molecule has 168 valence electrons. The number of aryl methyl sites for hydroxylation is 3. The van der Waals surface area contributed by atoms with Crippen LogP contribution in [-0.4, -0.2) is 43.2 Å². The summed E-state index contributed by atoms with van der Waals surface area (Å²) in [5, 5.41) is 2.12. The Morgan fingerprint density at radius 3 is 2.35 bits per heavy atom. The first-order chi connectivity index (χ1) is 14.7. The molecule has 0 unspecified atom stereocenters. The van der Waals surface area contributed by atoms with E-state index in [9.17, 15) is 13.2 Å². The average Bonchev–Trinajstić information content (AvgIpc) is 3.20. The van der Waals surface area contributed by atoms with Crippen LogP contribution in [0.15, 0.2) is 28.5 Å². The number of fused-ring (bicyclic) bond motifs is 1. The van der Waals surface area contributed by atoms with Gasteiger partial charge in [0.25, 0.3) is 0 Å². The Bertz CT molecular complexity index is 1060. The minimum absolute atomic E-state index is 0.0964. The molecule has 3 heterocycles. The lowest BCUT2D eigenvalue weighted by molar-refractivity contribution is -0.139. The molecule has 0 spiro atoms. The molecular formula is C24H32N2O3S2. The molecule has 2 aromatic rings. The third-order valence-electron chi connectivity index (χ3n) is 6.77. The third kappa shape index (κ3) is 4.08. The normalized spacial score (nSPS) is 20.6. The molecule has 1 aromatic heterocycles. The van der Waals surface area contributed by atoms with Crippen LogP contribution < -0.4 is 0 Å². The monoisotopic (exact) mass is 460 g/mol. The van der Waals surface area contributed by atoms with Crippen LogP contribution in [0.2, 0.25) is 0 Å². The van der Waals surface area contributed by atoms with E-state index in [1.54, 1.807) is 15.6 Å². The number of hydrogen-bond donors (Lipinski definition) is 0. The van der Waals surface area contributed by atoms with Gasteiger partial charge in [0.05, 0.1) is 10.9 Å². The molecule has 0 radical (unpaired) electrons. The van der Waals surface area contributed by atoms with E-state index in [1.807, 2.05) is 32.9 Å². The lowest BCUT2D eigenvalue weighted by Gasteiger charge is -2.39. The standard InChI is InChI=1S/C24H32N2O3S2/c1-5-21-20-9-13-30-22(20)8-12-26(21)24(27)19-6-10-25(11-7-19)31(28,29)23-17(3)14-16(2)15-18(23)4/h9,13-15,19,21H,5-8,10-12H2,1-4H3/t21-/m0/s1. The van der Waals surface area contributed by atoms with Crippen LogP contribution in [0.3, 0.4) is 0 Å². The Kier molecular flexibility index (Phi) is 6.30. The minimum atomic E-state index is -3.55. The first-order valence-corrected chi connectivity index (χ1v) is 13.5. The smallest absolute Gasteiger partial charge is 0.243 e. The van der Waals surface area contributed by atoms with Gasteiger partial charge in [0.2, 0.25) is 15.9 Å². The van der Waals surface area contributed by atoms with Crippen LogP contribution in [0.25, 0.3) is 0 Å². The summed E-state index contributed by atoms with van der Waals surface area (Å²) in [4.78, 5) is 17.3. The van der Waals surface area contributed by atoms with Crippen molar-refractivity contribution >= 4 is 27.3 Å². The number of hydrogen-bond acceptors (Lipinski definition) is 4. The summed E-state index contributed by atoms with van der Waals surface area (Å²) in [5.74, 6) is 0.101. The van der Waals surface area contributed by atoms with E-state index in [-0.39, 0.29) is 17.9 Å². The van der Waals surface area contributed by atoms with Gasteiger partial charge in [-0.2, -0.15) is 4.31 Å². The molecule has 1 amide bonds. The Labute approximate surface area is 190 Å². The van der Waals surface area contributed by atoms with Crippen molar-refractivity contribution in [1.82, 2.24) is 9.21 Å². The summed E-state index contributed by atoms with van der Waals surface area (Å²) < 4.78 is 28.3. The Morgan fingerprint density at radius 2 is 1.74 bits per heavy atom. The summed E-state index contributed by atoms with van der Waals surface area (Å²) in [5.41, 5.74) is 3.96. The zero-order valence-electron chi connectivity index (χ0n) is 18.8. The molecule has 31 heavy (non-hydrogen) atoms. The average molecular weight is 461 g/mol. The van der Waals surface area contributed by atoms with Gasteiger partial charge in [-0.05, 0) is 74.6 Å². The molecule has 1 atom stereocenters. The lowest BCUT2D eigenvalue weighted by Crippen LogP contribution is -2.47. The molecule has 2 aliphatic rings. The Hall–Kier alpha value is -1.70. The number of sulfonamides is 1. The fraction of sp³-hybridized carbons (Fsp3) is 0.542. The van der Waals surface area contributed by atoms with Crippen molar-refractivity contribution in [2.24, 2.45) is 5.92 Å². The van der Waals surface area contributed by atoms with Crippen LogP contribution in [0, 0.1) is 26.7 Å². The minimum Gasteiger partial charge on any atom is -0.335 e. The molecule has 1 saturated heterocycles. The predicted octanol–water partition coefficient (Wildman–Crippen LogP) is 4.61. The van der Waals surface area contributed by atoms with Crippen LogP contribution in [0.1, 0.15) is 59.4 Å². The fourth-order valence-electron chi connectivity index (χ4n) is 5.38. The molecule has 0 N–H and O–H groups in total. The molecule has 7 heteroatoms. The van der Waals surface area contributed by atoms with E-state index >= 15 is 0 Å². The second kappa shape index (κ2) is 8.68. The molecular weight excluding hydrogens is 428 g/mol. The quantitative estimate of drug-likeness (QED) is 0.669. The number of piperidine rings is 1. The topological polar surface area (TPSA) is 57.7 Å². The summed E-state index contributed by atoms with van der Waals surface area (Å²) in [6.45, 7) is 9.42. The largest absolute Gasteiger partial charge is 0.335 e. The van der Waals surface area contributed by atoms with Gasteiger partial charge in [-0.3, -0.25) is 4.79 Å². The van der Waals surface area contributed by atoms with Crippen molar-refractivity contribution in [2.45, 2.75) is 64.3 Å². The van der Waals surface area contributed by atoms with E-state index in [4.69, 9.17) is 0 Å². The zero-order chi connectivity index (χ0) is 22.3. The van der Waals surface area contributed by atoms with Gasteiger partial charge < -0.3 is 4.90 Å². The SMILES string of the molecule is CC[C@H]1c2ccsc2CCN1C(=O)C1CCN(S(=O)(=O)c2c(C)cc(C)cc2C)CC1. The van der Waals surface area contributed by atoms with Crippen LogP contribution >= 0.6 is 11.3 Å². The molecule has 0 bridgehead atoms. The second-order valence-corrected chi connectivity index (χ2v) is 11.8. The van der Waals surface area contributed by atoms with Crippen LogP contribution in [0.4, 0.5) is 0 Å². The van der Waals surface area contributed by atoms with Crippen LogP contribution in [-0.2, 0) is 21.2 Å². The number of nitrogens with zero attached hydrogens (tertiary/aromatic N) is 2. The fourth-order valence-corrected chi connectivity index (χ4v) is 8.19. The first-order valence-electron chi connectivity index (χ1n) is 11.2. The maximum Gasteiger partial charge on any atom is 0.243 e. The summed E-state index contributed by atoms with van der Waals surface area (Å²) in [7, 11) is -3.55. The van der Waals surface area contributed by atoms with Gasteiger partial charge in [-0.25, -0.2) is 8.42 Å². The molecule has 1 aromatic carbocycles. The highest BCUT2D eigenvalue weighted by Gasteiger charge is 2.38. The van der Waals surface area contributed by atoms with Gasteiger partial charge in [0, 0.05) is 30.4 Å². The van der Waals surface area contributed by atoms with Crippen molar-refractivity contribution in [3.05, 3.63) is 50.7 Å². The van der Waals surface area contributed by atoms with Gasteiger partial charge in [-0.15, -0.1) is 11.3 Å². The van der Waals surface area contributed by atoms with Gasteiger partial charge in [0.15, 0.2) is 0 Å². The van der Waals surface area contributed by atoms with E-state index in [1.165, 1.54) is 10.4 Å². The summed E-state index contributed by atoms with van der Waals surface area (Å²) >= 11 is 1.79. The van der Waals surface area contributed by atoms with Crippen molar-refractivity contribution in [2.75, 3.05) is 19.6 Å². The van der Waals surface area contributed by atoms with E-state index in [0.717, 1.165) is 36.1 Å². The highest BCUT2D eigenvalue weighted by atomic mass is 32.2. The second-order valence-electron chi connectivity index (χ2n) is 8.91. The first kappa shape index (κ1) is 22.5.